The van der Waals surface area contributed by atoms with Crippen molar-refractivity contribution in [3.63, 3.8) is 0 Å². The number of carbonyl (C=O) groups excluding carboxylic acids is 1. The molecule has 0 atom stereocenters. The summed E-state index contributed by atoms with van der Waals surface area (Å²) in [5.41, 5.74) is 0.248. The predicted molar refractivity (Wildman–Crippen MR) is 117 cm³/mol. The van der Waals surface area contributed by atoms with Crippen LogP contribution in [0.3, 0.4) is 0 Å². The van der Waals surface area contributed by atoms with Crippen molar-refractivity contribution in [2.75, 3.05) is 41.3 Å². The van der Waals surface area contributed by atoms with Crippen molar-refractivity contribution in [3.8, 4) is 0 Å². The molecule has 0 radical (unpaired) electrons. The smallest absolute Gasteiger partial charge is 0.323 e. The summed E-state index contributed by atoms with van der Waals surface area (Å²) in [6.07, 6.45) is 4.42. The highest BCUT2D eigenvalue weighted by molar-refractivity contribution is 5.95. The Bertz CT molecular complexity index is 880. The van der Waals surface area contributed by atoms with E-state index < -0.39 is 50.1 Å². The monoisotopic (exact) mass is 465 g/mol. The van der Waals surface area contributed by atoms with E-state index in [1.165, 1.54) is 18.2 Å². The SMILES string of the molecule is O=C(O)CN(CC(=O)O)c1ccc(NC(=O)C2CCCCC2)cc1N(CC(=O)O)CC(=O)O. The highest BCUT2D eigenvalue weighted by Gasteiger charge is 2.25. The first-order chi connectivity index (χ1) is 15.6. The molecule has 1 amide bonds. The second kappa shape index (κ2) is 11.7. The number of hydrogen-bond acceptors (Lipinski definition) is 7. The van der Waals surface area contributed by atoms with Crippen LogP contribution in [0.25, 0.3) is 0 Å². The topological polar surface area (TPSA) is 185 Å². The molecule has 1 saturated carbocycles. The van der Waals surface area contributed by atoms with Crippen LogP contribution >= 0.6 is 0 Å². The van der Waals surface area contributed by atoms with Gasteiger partial charge in [-0.2, -0.15) is 0 Å². The summed E-state index contributed by atoms with van der Waals surface area (Å²) in [5, 5.41) is 39.7. The van der Waals surface area contributed by atoms with E-state index in [4.69, 9.17) is 0 Å². The molecule has 12 nitrogen and oxygen atoms in total. The lowest BCUT2D eigenvalue weighted by atomic mass is 9.88. The van der Waals surface area contributed by atoms with Crippen molar-refractivity contribution in [1.29, 1.82) is 0 Å². The number of aliphatic carboxylic acids is 4. The number of nitrogens with zero attached hydrogens (tertiary/aromatic N) is 2. The number of carbonyl (C=O) groups is 5. The number of benzene rings is 1. The van der Waals surface area contributed by atoms with Crippen LogP contribution in [0, 0.1) is 5.92 Å². The second-order valence-corrected chi connectivity index (χ2v) is 7.81. The number of carboxylic acid groups (broad SMARTS) is 4. The maximum atomic E-state index is 12.6. The van der Waals surface area contributed by atoms with Gasteiger partial charge in [0.1, 0.15) is 26.2 Å². The number of amides is 1. The molecule has 33 heavy (non-hydrogen) atoms. The molecule has 2 rings (SSSR count). The number of rotatable bonds is 12. The van der Waals surface area contributed by atoms with E-state index in [9.17, 15) is 44.4 Å². The van der Waals surface area contributed by atoms with Crippen molar-refractivity contribution in [2.45, 2.75) is 32.1 Å². The van der Waals surface area contributed by atoms with E-state index in [-0.39, 0.29) is 28.9 Å². The Morgan fingerprint density at radius 1 is 0.727 bits per heavy atom. The minimum absolute atomic E-state index is 0.0120. The Morgan fingerprint density at radius 2 is 1.18 bits per heavy atom. The van der Waals surface area contributed by atoms with Gasteiger partial charge in [-0.25, -0.2) is 0 Å². The molecule has 1 fully saturated rings. The van der Waals surface area contributed by atoms with Gasteiger partial charge in [0.05, 0.1) is 11.4 Å². The summed E-state index contributed by atoms with van der Waals surface area (Å²) in [7, 11) is 0. The molecular weight excluding hydrogens is 438 g/mol. The van der Waals surface area contributed by atoms with Crippen LogP contribution in [0.1, 0.15) is 32.1 Å². The zero-order chi connectivity index (χ0) is 24.5. The van der Waals surface area contributed by atoms with Gasteiger partial charge in [0, 0.05) is 11.6 Å². The first-order valence-corrected chi connectivity index (χ1v) is 10.4. The largest absolute Gasteiger partial charge is 0.480 e. The third kappa shape index (κ3) is 7.98. The normalized spacial score (nSPS) is 13.7. The van der Waals surface area contributed by atoms with Crippen LogP contribution in [-0.4, -0.2) is 76.4 Å². The molecule has 0 bridgehead atoms. The number of nitrogens with one attached hydrogen (secondary N) is 1. The van der Waals surface area contributed by atoms with Gasteiger partial charge in [-0.3, -0.25) is 24.0 Å². The Hall–Kier alpha value is -3.83. The van der Waals surface area contributed by atoms with Crippen LogP contribution < -0.4 is 15.1 Å². The molecule has 0 heterocycles. The van der Waals surface area contributed by atoms with Crippen molar-refractivity contribution < 1.29 is 44.4 Å². The third-order valence-electron chi connectivity index (χ3n) is 5.20. The fourth-order valence-corrected chi connectivity index (χ4v) is 3.84. The molecule has 12 heteroatoms. The summed E-state index contributed by atoms with van der Waals surface area (Å²) >= 11 is 0. The van der Waals surface area contributed by atoms with Crippen LogP contribution in [0.5, 0.6) is 0 Å². The molecular formula is C21H27N3O9. The molecule has 1 aromatic rings. The lowest BCUT2D eigenvalue weighted by Crippen LogP contribution is -2.39. The Labute approximate surface area is 189 Å². The van der Waals surface area contributed by atoms with Gasteiger partial charge in [0.15, 0.2) is 0 Å². The van der Waals surface area contributed by atoms with Gasteiger partial charge in [0.2, 0.25) is 5.91 Å². The molecule has 1 aliphatic rings. The summed E-state index contributed by atoms with van der Waals surface area (Å²) in [4.78, 5) is 59.9. The third-order valence-corrected chi connectivity index (χ3v) is 5.20. The number of hydrogen-bond donors (Lipinski definition) is 5. The fourth-order valence-electron chi connectivity index (χ4n) is 3.84. The van der Waals surface area contributed by atoms with Crippen molar-refractivity contribution in [1.82, 2.24) is 0 Å². The molecule has 0 unspecified atom stereocenters. The van der Waals surface area contributed by atoms with Crippen LogP contribution in [0.15, 0.2) is 18.2 Å². The van der Waals surface area contributed by atoms with E-state index in [2.05, 4.69) is 5.32 Å². The minimum atomic E-state index is -1.35. The van der Waals surface area contributed by atoms with E-state index >= 15 is 0 Å². The van der Waals surface area contributed by atoms with Crippen LogP contribution in [0.4, 0.5) is 17.1 Å². The van der Waals surface area contributed by atoms with Crippen LogP contribution in [-0.2, 0) is 24.0 Å². The van der Waals surface area contributed by atoms with Crippen molar-refractivity contribution >= 4 is 46.8 Å². The van der Waals surface area contributed by atoms with Gasteiger partial charge in [-0.1, -0.05) is 19.3 Å². The maximum Gasteiger partial charge on any atom is 0.323 e. The van der Waals surface area contributed by atoms with E-state index in [1.54, 1.807) is 0 Å². The Morgan fingerprint density at radius 3 is 1.64 bits per heavy atom. The highest BCUT2D eigenvalue weighted by atomic mass is 16.4. The molecule has 0 spiro atoms. The lowest BCUT2D eigenvalue weighted by molar-refractivity contribution is -0.138. The first-order valence-electron chi connectivity index (χ1n) is 10.4. The van der Waals surface area contributed by atoms with Crippen molar-refractivity contribution in [3.05, 3.63) is 18.2 Å². The van der Waals surface area contributed by atoms with E-state index in [0.29, 0.717) is 0 Å². The number of anilines is 3. The second-order valence-electron chi connectivity index (χ2n) is 7.81. The van der Waals surface area contributed by atoms with Gasteiger partial charge < -0.3 is 35.5 Å². The summed E-state index contributed by atoms with van der Waals surface area (Å²) < 4.78 is 0. The summed E-state index contributed by atoms with van der Waals surface area (Å²) in [6.45, 7) is -2.93. The standard InChI is InChI=1S/C21H27N3O9/c25-17(26)9-23(10-18(27)28)15-7-6-14(22-21(33)13-4-2-1-3-5-13)8-16(15)24(11-19(29)30)12-20(31)32/h6-8,13H,1-5,9-12H2,(H,22,33)(H,25,26)(H,27,28)(H,29,30)(H,31,32). The summed E-state index contributed by atoms with van der Waals surface area (Å²) in [6, 6.07) is 4.11. The molecule has 1 aromatic carbocycles. The molecule has 0 aromatic heterocycles. The van der Waals surface area contributed by atoms with Crippen molar-refractivity contribution in [2.24, 2.45) is 5.92 Å². The quantitative estimate of drug-likeness (QED) is 0.298. The molecule has 0 aliphatic heterocycles. The summed E-state index contributed by atoms with van der Waals surface area (Å²) in [5.74, 6) is -5.75. The lowest BCUT2D eigenvalue weighted by Gasteiger charge is -2.30. The zero-order valence-electron chi connectivity index (χ0n) is 17.9. The Balaban J connectivity index is 2.48. The molecule has 180 valence electrons. The average molecular weight is 465 g/mol. The zero-order valence-corrected chi connectivity index (χ0v) is 17.9. The van der Waals surface area contributed by atoms with Crippen LogP contribution in [0.2, 0.25) is 0 Å². The van der Waals surface area contributed by atoms with Gasteiger partial charge in [0.25, 0.3) is 0 Å². The first kappa shape index (κ1) is 25.4. The maximum absolute atomic E-state index is 12.6. The molecule has 1 aliphatic carbocycles. The predicted octanol–water partition coefficient (Wildman–Crippen LogP) is 1.16. The van der Waals surface area contributed by atoms with Gasteiger partial charge >= 0.3 is 23.9 Å². The fraction of sp³-hybridized carbons (Fsp3) is 0.476. The Kier molecular flexibility index (Phi) is 9.01. The average Bonchev–Trinajstić information content (AvgIpc) is 2.72. The minimum Gasteiger partial charge on any atom is -0.480 e. The molecule has 5 N–H and O–H groups in total. The van der Waals surface area contributed by atoms with E-state index in [0.717, 1.165) is 41.9 Å². The van der Waals surface area contributed by atoms with Gasteiger partial charge in [-0.05, 0) is 31.0 Å². The number of carboxylic acids is 4. The van der Waals surface area contributed by atoms with Gasteiger partial charge in [-0.15, -0.1) is 0 Å². The molecule has 0 saturated heterocycles. The highest BCUT2D eigenvalue weighted by Crippen LogP contribution is 2.33. The van der Waals surface area contributed by atoms with E-state index in [1.807, 2.05) is 0 Å².